The molecule has 3 heteroatoms. The van der Waals surface area contributed by atoms with E-state index in [0.29, 0.717) is 0 Å². The predicted molar refractivity (Wildman–Crippen MR) is 103 cm³/mol. The van der Waals surface area contributed by atoms with E-state index in [1.165, 1.54) is 17.7 Å². The lowest BCUT2D eigenvalue weighted by Crippen LogP contribution is -2.38. The molecule has 0 heterocycles. The van der Waals surface area contributed by atoms with Gasteiger partial charge in [0.25, 0.3) is 0 Å². The monoisotopic (exact) mass is 356 g/mol. The molecule has 140 valence electrons. The number of phenols is 1. The number of aliphatic hydroxyl groups is 1. The molecule has 0 aliphatic heterocycles. The van der Waals surface area contributed by atoms with Gasteiger partial charge in [-0.2, -0.15) is 0 Å². The van der Waals surface area contributed by atoms with Crippen LogP contribution in [-0.2, 0) is 6.42 Å². The molecule has 0 aromatic heterocycles. The van der Waals surface area contributed by atoms with Crippen molar-refractivity contribution >= 4 is 0 Å². The van der Waals surface area contributed by atoms with E-state index >= 15 is 0 Å². The molecule has 0 radical (unpaired) electrons. The smallest absolute Gasteiger partial charge is 0.123 e. The summed E-state index contributed by atoms with van der Waals surface area (Å²) in [6.07, 6.45) is 5.34. The number of fused-ring (bicyclic) bond motifs is 1. The third-order valence-electron chi connectivity index (χ3n) is 6.26. The first-order valence-corrected chi connectivity index (χ1v) is 9.76. The molecule has 2 aromatic rings. The van der Waals surface area contributed by atoms with Crippen LogP contribution in [0.2, 0.25) is 0 Å². The summed E-state index contributed by atoms with van der Waals surface area (Å²) < 4.78 is 13.5. The number of aliphatic hydroxyl groups excluding tert-OH is 1. The molecule has 3 rings (SSSR count). The van der Waals surface area contributed by atoms with E-state index in [9.17, 15) is 14.6 Å². The standard InChI is InChI=1S/C23H29FO2/c1-3-5-13-23(4-2)14-12-16-8-11-19(25)15-20(16)21(22(23)26)17-6-9-18(24)10-7-17/h6-11,15,21-22,25-26H,3-5,12-14H2,1-2H3/t21-,22-,23-/m1/s1. The van der Waals surface area contributed by atoms with Gasteiger partial charge in [0.05, 0.1) is 6.10 Å². The first kappa shape index (κ1) is 18.9. The SMILES string of the molecule is CCCC[C@]1(CC)CCc2ccc(O)cc2[C@@H](c2ccc(F)cc2)[C@H]1O. The predicted octanol–water partition coefficient (Wildman–Crippen LogP) is 5.56. The van der Waals surface area contributed by atoms with Gasteiger partial charge in [-0.3, -0.25) is 0 Å². The van der Waals surface area contributed by atoms with Crippen LogP contribution in [0.15, 0.2) is 42.5 Å². The number of hydrogen-bond donors (Lipinski definition) is 2. The van der Waals surface area contributed by atoms with E-state index in [4.69, 9.17) is 0 Å². The summed E-state index contributed by atoms with van der Waals surface area (Å²) in [5, 5.41) is 21.6. The van der Waals surface area contributed by atoms with Crippen LogP contribution in [0.25, 0.3) is 0 Å². The van der Waals surface area contributed by atoms with Crippen molar-refractivity contribution in [1.82, 2.24) is 0 Å². The summed E-state index contributed by atoms with van der Waals surface area (Å²) >= 11 is 0. The van der Waals surface area contributed by atoms with E-state index in [1.54, 1.807) is 24.3 Å². The van der Waals surface area contributed by atoms with E-state index in [1.807, 2.05) is 6.07 Å². The molecule has 0 amide bonds. The molecule has 2 nitrogen and oxygen atoms in total. The maximum Gasteiger partial charge on any atom is 0.123 e. The van der Waals surface area contributed by atoms with Crippen LogP contribution >= 0.6 is 0 Å². The number of aromatic hydroxyl groups is 1. The van der Waals surface area contributed by atoms with Crippen molar-refractivity contribution in [1.29, 1.82) is 0 Å². The Balaban J connectivity index is 2.13. The van der Waals surface area contributed by atoms with Gasteiger partial charge in [0.2, 0.25) is 0 Å². The molecule has 0 spiro atoms. The number of unbranched alkanes of at least 4 members (excludes halogenated alkanes) is 1. The fourth-order valence-electron chi connectivity index (χ4n) is 4.55. The number of phenolic OH excluding ortho intramolecular Hbond substituents is 1. The second-order valence-corrected chi connectivity index (χ2v) is 7.68. The van der Waals surface area contributed by atoms with Crippen molar-refractivity contribution in [2.45, 2.75) is 64.4 Å². The molecular weight excluding hydrogens is 327 g/mol. The molecule has 1 aliphatic rings. The van der Waals surface area contributed by atoms with Crippen molar-refractivity contribution in [3.63, 3.8) is 0 Å². The van der Waals surface area contributed by atoms with Gasteiger partial charge in [-0.25, -0.2) is 4.39 Å². The van der Waals surface area contributed by atoms with Crippen molar-refractivity contribution in [2.24, 2.45) is 5.41 Å². The van der Waals surface area contributed by atoms with Crippen molar-refractivity contribution in [2.75, 3.05) is 0 Å². The Kier molecular flexibility index (Phi) is 5.67. The number of hydrogen-bond acceptors (Lipinski definition) is 2. The topological polar surface area (TPSA) is 40.5 Å². The summed E-state index contributed by atoms with van der Waals surface area (Å²) in [4.78, 5) is 0. The molecule has 0 saturated heterocycles. The third-order valence-corrected chi connectivity index (χ3v) is 6.26. The van der Waals surface area contributed by atoms with Gasteiger partial charge in [-0.1, -0.05) is 44.9 Å². The van der Waals surface area contributed by atoms with Crippen molar-refractivity contribution in [3.8, 4) is 5.75 Å². The minimum atomic E-state index is -0.562. The maximum absolute atomic E-state index is 13.5. The first-order chi connectivity index (χ1) is 12.5. The lowest BCUT2D eigenvalue weighted by molar-refractivity contribution is -0.00158. The Labute approximate surface area is 155 Å². The van der Waals surface area contributed by atoms with Gasteiger partial charge >= 0.3 is 0 Å². The average Bonchev–Trinajstić information content (AvgIpc) is 2.76. The second-order valence-electron chi connectivity index (χ2n) is 7.68. The molecule has 2 aromatic carbocycles. The van der Waals surface area contributed by atoms with Gasteiger partial charge in [0.15, 0.2) is 0 Å². The Morgan fingerprint density at radius 1 is 1.12 bits per heavy atom. The van der Waals surface area contributed by atoms with Crippen LogP contribution in [-0.4, -0.2) is 16.3 Å². The van der Waals surface area contributed by atoms with Gasteiger partial charge in [0, 0.05) is 5.92 Å². The molecule has 2 N–H and O–H groups in total. The molecule has 0 fully saturated rings. The van der Waals surface area contributed by atoms with Crippen LogP contribution < -0.4 is 0 Å². The van der Waals surface area contributed by atoms with Crippen LogP contribution in [0.3, 0.4) is 0 Å². The van der Waals surface area contributed by atoms with Crippen molar-refractivity contribution in [3.05, 3.63) is 65.0 Å². The van der Waals surface area contributed by atoms with Gasteiger partial charge in [-0.15, -0.1) is 0 Å². The highest BCUT2D eigenvalue weighted by Gasteiger charge is 2.43. The van der Waals surface area contributed by atoms with Crippen LogP contribution in [0.1, 0.15) is 68.6 Å². The molecule has 26 heavy (non-hydrogen) atoms. The quantitative estimate of drug-likeness (QED) is 0.689. The summed E-state index contributed by atoms with van der Waals surface area (Å²) in [6.45, 7) is 4.34. The largest absolute Gasteiger partial charge is 0.508 e. The summed E-state index contributed by atoms with van der Waals surface area (Å²) in [6, 6.07) is 11.9. The zero-order valence-electron chi connectivity index (χ0n) is 15.7. The van der Waals surface area contributed by atoms with E-state index in [2.05, 4.69) is 13.8 Å². The van der Waals surface area contributed by atoms with E-state index < -0.39 is 6.10 Å². The van der Waals surface area contributed by atoms with Crippen molar-refractivity contribution < 1.29 is 14.6 Å². The molecular formula is C23H29FO2. The number of rotatable bonds is 5. The Bertz CT molecular complexity index is 740. The molecule has 0 bridgehead atoms. The zero-order valence-corrected chi connectivity index (χ0v) is 15.7. The number of benzene rings is 2. The van der Waals surface area contributed by atoms with Crippen LogP contribution in [0.4, 0.5) is 4.39 Å². The number of halogens is 1. The fraction of sp³-hybridized carbons (Fsp3) is 0.478. The van der Waals surface area contributed by atoms with Gasteiger partial charge in [0.1, 0.15) is 11.6 Å². The minimum absolute atomic E-state index is 0.163. The Morgan fingerprint density at radius 2 is 1.85 bits per heavy atom. The van der Waals surface area contributed by atoms with Crippen LogP contribution in [0, 0.1) is 11.2 Å². The Morgan fingerprint density at radius 3 is 2.50 bits per heavy atom. The number of aryl methyl sites for hydroxylation is 1. The highest BCUT2D eigenvalue weighted by molar-refractivity contribution is 5.45. The lowest BCUT2D eigenvalue weighted by atomic mass is 9.67. The third kappa shape index (κ3) is 3.50. The highest BCUT2D eigenvalue weighted by Crippen LogP contribution is 2.49. The minimum Gasteiger partial charge on any atom is -0.508 e. The molecule has 0 saturated carbocycles. The lowest BCUT2D eigenvalue weighted by Gasteiger charge is -2.40. The summed E-state index contributed by atoms with van der Waals surface area (Å²) in [5.41, 5.74) is 2.88. The summed E-state index contributed by atoms with van der Waals surface area (Å²) in [5.74, 6) is -0.321. The first-order valence-electron chi connectivity index (χ1n) is 9.76. The normalized spacial score (nSPS) is 25.5. The molecule has 1 aliphatic carbocycles. The summed E-state index contributed by atoms with van der Waals surface area (Å²) in [7, 11) is 0. The zero-order chi connectivity index (χ0) is 18.7. The van der Waals surface area contributed by atoms with Crippen LogP contribution in [0.5, 0.6) is 5.75 Å². The van der Waals surface area contributed by atoms with Gasteiger partial charge < -0.3 is 10.2 Å². The average molecular weight is 356 g/mol. The second kappa shape index (κ2) is 7.79. The fourth-order valence-corrected chi connectivity index (χ4v) is 4.55. The van der Waals surface area contributed by atoms with E-state index in [-0.39, 0.29) is 22.9 Å². The Hall–Kier alpha value is -1.87. The molecule has 3 atom stereocenters. The maximum atomic E-state index is 13.5. The highest BCUT2D eigenvalue weighted by atomic mass is 19.1. The molecule has 0 unspecified atom stereocenters. The van der Waals surface area contributed by atoms with Gasteiger partial charge in [-0.05, 0) is 72.1 Å². The van der Waals surface area contributed by atoms with E-state index in [0.717, 1.165) is 49.7 Å².